The van der Waals surface area contributed by atoms with Crippen molar-refractivity contribution in [3.05, 3.63) is 64.4 Å². The van der Waals surface area contributed by atoms with Crippen molar-refractivity contribution in [3.8, 4) is 0 Å². The van der Waals surface area contributed by atoms with Gasteiger partial charge in [0.2, 0.25) is 0 Å². The number of benzene rings is 1. The van der Waals surface area contributed by atoms with E-state index in [4.69, 9.17) is 4.42 Å². The predicted octanol–water partition coefficient (Wildman–Crippen LogP) is 2.88. The lowest BCUT2D eigenvalue weighted by atomic mass is 10.1. The molecular formula is C17H17N3O3. The Hall–Kier alpha value is -2.89. The van der Waals surface area contributed by atoms with E-state index < -0.39 is 11.5 Å². The molecule has 1 aromatic carbocycles. The van der Waals surface area contributed by atoms with Crippen LogP contribution < -0.4 is 10.9 Å². The van der Waals surface area contributed by atoms with Gasteiger partial charge in [0.25, 0.3) is 11.5 Å². The number of carbonyl (C=O) groups is 1. The number of hydrogen-bond donors (Lipinski definition) is 1. The molecule has 1 amide bonds. The molecule has 0 unspecified atom stereocenters. The Morgan fingerprint density at radius 3 is 2.83 bits per heavy atom. The summed E-state index contributed by atoms with van der Waals surface area (Å²) in [7, 11) is 0. The molecule has 2 aromatic heterocycles. The minimum atomic E-state index is -0.487. The normalized spacial score (nSPS) is 10.8. The lowest BCUT2D eigenvalue weighted by Gasteiger charge is -2.06. The van der Waals surface area contributed by atoms with Gasteiger partial charge in [-0.25, -0.2) is 9.38 Å². The van der Waals surface area contributed by atoms with Gasteiger partial charge in [0.05, 0.1) is 12.4 Å². The Morgan fingerprint density at radius 1 is 1.30 bits per heavy atom. The van der Waals surface area contributed by atoms with Gasteiger partial charge in [-0.05, 0) is 30.5 Å². The first kappa shape index (κ1) is 15.0. The molecule has 6 nitrogen and oxygen atoms in total. The first-order valence-electron chi connectivity index (χ1n) is 7.54. The Balaban J connectivity index is 1.77. The number of unbranched alkanes of at least 4 members (excludes halogenated alkanes) is 1. The Kier molecular flexibility index (Phi) is 4.23. The third-order valence-electron chi connectivity index (χ3n) is 3.62. The summed E-state index contributed by atoms with van der Waals surface area (Å²) in [6, 6.07) is 7.64. The second kappa shape index (κ2) is 6.48. The van der Waals surface area contributed by atoms with Gasteiger partial charge in [-0.15, -0.1) is 0 Å². The van der Waals surface area contributed by atoms with E-state index in [0.29, 0.717) is 5.69 Å². The Labute approximate surface area is 132 Å². The maximum absolute atomic E-state index is 12.3. The van der Waals surface area contributed by atoms with E-state index in [9.17, 15) is 9.59 Å². The summed E-state index contributed by atoms with van der Waals surface area (Å²) in [4.78, 5) is 28.4. The SMILES string of the molecule is CCCCc1ccc(NC(=O)c2cnc3occn3c2=O)cc1. The second-order valence-corrected chi connectivity index (χ2v) is 5.29. The van der Waals surface area contributed by atoms with Gasteiger partial charge in [-0.2, -0.15) is 0 Å². The first-order valence-corrected chi connectivity index (χ1v) is 7.54. The Morgan fingerprint density at radius 2 is 2.09 bits per heavy atom. The largest absolute Gasteiger partial charge is 0.432 e. The van der Waals surface area contributed by atoms with Crippen molar-refractivity contribution < 1.29 is 9.21 Å². The molecule has 6 heteroatoms. The van der Waals surface area contributed by atoms with Crippen LogP contribution in [0.3, 0.4) is 0 Å². The number of nitrogens with zero attached hydrogens (tertiary/aromatic N) is 2. The standard InChI is InChI=1S/C17H17N3O3/c1-2-3-4-12-5-7-13(8-6-12)19-15(21)14-11-18-17-20(16(14)22)9-10-23-17/h5-11H,2-4H2,1H3,(H,19,21). The number of oxazole rings is 1. The number of rotatable bonds is 5. The van der Waals surface area contributed by atoms with E-state index in [1.54, 1.807) is 0 Å². The van der Waals surface area contributed by atoms with Crippen LogP contribution in [0.5, 0.6) is 0 Å². The van der Waals surface area contributed by atoms with Crippen LogP contribution >= 0.6 is 0 Å². The van der Waals surface area contributed by atoms with Crippen LogP contribution in [0.25, 0.3) is 5.84 Å². The highest BCUT2D eigenvalue weighted by Gasteiger charge is 2.14. The van der Waals surface area contributed by atoms with Crippen molar-refractivity contribution in [2.24, 2.45) is 0 Å². The third-order valence-corrected chi connectivity index (χ3v) is 3.62. The lowest BCUT2D eigenvalue weighted by Crippen LogP contribution is -2.25. The van der Waals surface area contributed by atoms with E-state index in [-0.39, 0.29) is 11.4 Å². The quantitative estimate of drug-likeness (QED) is 0.786. The molecule has 0 bridgehead atoms. The van der Waals surface area contributed by atoms with Gasteiger partial charge in [0, 0.05) is 5.69 Å². The maximum atomic E-state index is 12.3. The van der Waals surface area contributed by atoms with Crippen molar-refractivity contribution in [1.82, 2.24) is 9.38 Å². The number of hydrogen-bond acceptors (Lipinski definition) is 4. The smallest absolute Gasteiger partial charge is 0.308 e. The molecule has 0 spiro atoms. The molecule has 0 aliphatic heterocycles. The monoisotopic (exact) mass is 311 g/mol. The van der Waals surface area contributed by atoms with Crippen LogP contribution in [-0.2, 0) is 6.42 Å². The average Bonchev–Trinajstić information content (AvgIpc) is 3.04. The van der Waals surface area contributed by atoms with Crippen LogP contribution in [0.15, 0.2) is 52.1 Å². The van der Waals surface area contributed by atoms with Crippen molar-refractivity contribution in [3.63, 3.8) is 0 Å². The number of aryl methyl sites for hydroxylation is 1. The Bertz CT molecular complexity index is 878. The van der Waals surface area contributed by atoms with Gasteiger partial charge in [0.15, 0.2) is 0 Å². The van der Waals surface area contributed by atoms with E-state index in [1.807, 2.05) is 24.3 Å². The molecule has 0 aliphatic carbocycles. The molecule has 0 fully saturated rings. The average molecular weight is 311 g/mol. The fourth-order valence-electron chi connectivity index (χ4n) is 2.31. The number of nitrogens with one attached hydrogen (secondary N) is 1. The molecule has 0 aliphatic rings. The van der Waals surface area contributed by atoms with E-state index in [2.05, 4.69) is 17.2 Å². The molecule has 0 atom stereocenters. The van der Waals surface area contributed by atoms with Gasteiger partial charge < -0.3 is 9.73 Å². The minimum Gasteiger partial charge on any atom is -0.432 e. The summed E-state index contributed by atoms with van der Waals surface area (Å²) in [6.45, 7) is 2.15. The zero-order chi connectivity index (χ0) is 16.2. The molecular weight excluding hydrogens is 294 g/mol. The lowest BCUT2D eigenvalue weighted by molar-refractivity contribution is 0.102. The van der Waals surface area contributed by atoms with Crippen LogP contribution in [-0.4, -0.2) is 15.3 Å². The minimum absolute atomic E-state index is 0.0287. The highest BCUT2D eigenvalue weighted by Crippen LogP contribution is 2.12. The summed E-state index contributed by atoms with van der Waals surface area (Å²) in [5.74, 6) is -0.328. The first-order chi connectivity index (χ1) is 11.2. The zero-order valence-electron chi connectivity index (χ0n) is 12.8. The van der Waals surface area contributed by atoms with Crippen LogP contribution in [0.1, 0.15) is 35.7 Å². The van der Waals surface area contributed by atoms with Gasteiger partial charge in [0.1, 0.15) is 11.8 Å². The molecule has 23 heavy (non-hydrogen) atoms. The number of amides is 1. The highest BCUT2D eigenvalue weighted by molar-refractivity contribution is 6.03. The summed E-state index contributed by atoms with van der Waals surface area (Å²) in [5, 5.41) is 2.72. The summed E-state index contributed by atoms with van der Waals surface area (Å²) >= 11 is 0. The highest BCUT2D eigenvalue weighted by atomic mass is 16.3. The van der Waals surface area contributed by atoms with Gasteiger partial charge in [-0.3, -0.25) is 9.59 Å². The fraction of sp³-hybridized carbons (Fsp3) is 0.235. The van der Waals surface area contributed by atoms with Gasteiger partial charge >= 0.3 is 5.84 Å². The molecule has 2 heterocycles. The fourth-order valence-corrected chi connectivity index (χ4v) is 2.31. The third kappa shape index (κ3) is 3.15. The van der Waals surface area contributed by atoms with Crippen LogP contribution in [0.2, 0.25) is 0 Å². The number of aromatic nitrogens is 2. The van der Waals surface area contributed by atoms with Gasteiger partial charge in [-0.1, -0.05) is 25.5 Å². The number of carbonyl (C=O) groups excluding carboxylic acids is 1. The van der Waals surface area contributed by atoms with Crippen molar-refractivity contribution >= 4 is 17.4 Å². The molecule has 1 N–H and O–H groups in total. The van der Waals surface area contributed by atoms with E-state index in [1.165, 1.54) is 28.6 Å². The van der Waals surface area contributed by atoms with Crippen molar-refractivity contribution in [1.29, 1.82) is 0 Å². The molecule has 0 radical (unpaired) electrons. The molecule has 3 rings (SSSR count). The van der Waals surface area contributed by atoms with Crippen molar-refractivity contribution in [2.75, 3.05) is 5.32 Å². The number of anilines is 1. The van der Waals surface area contributed by atoms with E-state index >= 15 is 0 Å². The molecule has 0 saturated carbocycles. The summed E-state index contributed by atoms with van der Waals surface area (Å²) in [6.07, 6.45) is 7.31. The molecule has 3 aromatic rings. The summed E-state index contributed by atoms with van der Waals surface area (Å²) < 4.78 is 6.21. The molecule has 0 saturated heterocycles. The van der Waals surface area contributed by atoms with Crippen LogP contribution in [0.4, 0.5) is 5.69 Å². The zero-order valence-corrected chi connectivity index (χ0v) is 12.8. The van der Waals surface area contributed by atoms with Crippen molar-refractivity contribution in [2.45, 2.75) is 26.2 Å². The topological polar surface area (TPSA) is 76.6 Å². The second-order valence-electron chi connectivity index (χ2n) is 5.29. The summed E-state index contributed by atoms with van der Waals surface area (Å²) in [5.41, 5.74) is 1.39. The molecule has 118 valence electrons. The number of fused-ring (bicyclic) bond motifs is 1. The van der Waals surface area contributed by atoms with E-state index in [0.717, 1.165) is 19.3 Å². The predicted molar refractivity (Wildman–Crippen MR) is 86.7 cm³/mol. The maximum Gasteiger partial charge on any atom is 0.308 e. The van der Waals surface area contributed by atoms with Crippen LogP contribution in [0, 0.1) is 0 Å².